The van der Waals surface area contributed by atoms with Crippen LogP contribution in [0.1, 0.15) is 42.2 Å². The Bertz CT molecular complexity index is 714. The summed E-state index contributed by atoms with van der Waals surface area (Å²) >= 11 is 0. The van der Waals surface area contributed by atoms with Gasteiger partial charge in [-0.1, -0.05) is 25.1 Å². The quantitative estimate of drug-likeness (QED) is 0.890. The van der Waals surface area contributed by atoms with Gasteiger partial charge in [-0.05, 0) is 30.9 Å². The third kappa shape index (κ3) is 3.23. The Morgan fingerprint density at radius 3 is 2.70 bits per heavy atom. The molecule has 0 aliphatic carbocycles. The van der Waals surface area contributed by atoms with E-state index in [1.165, 1.54) is 0 Å². The van der Waals surface area contributed by atoms with Crippen molar-refractivity contribution in [3.63, 3.8) is 0 Å². The molecule has 2 aromatic rings. The lowest BCUT2D eigenvalue weighted by Gasteiger charge is -2.15. The molecule has 3 rings (SSSR count). The maximum Gasteiger partial charge on any atom is 0.268 e. The number of para-hydroxylation sites is 1. The first-order chi connectivity index (χ1) is 11.2. The second-order valence-corrected chi connectivity index (χ2v) is 5.97. The molecule has 0 spiro atoms. The Kier molecular flexibility index (Phi) is 4.65. The zero-order valence-corrected chi connectivity index (χ0v) is 13.5. The highest BCUT2D eigenvalue weighted by molar-refractivity contribution is 6.01. The fraction of sp³-hybridized carbons (Fsp3) is 0.444. The number of rotatable bonds is 5. The van der Waals surface area contributed by atoms with Crippen LogP contribution in [0.4, 0.5) is 0 Å². The predicted molar refractivity (Wildman–Crippen MR) is 90.4 cm³/mol. The molecule has 1 aromatic carbocycles. The number of benzene rings is 1. The molecule has 122 valence electrons. The molecule has 1 aliphatic rings. The van der Waals surface area contributed by atoms with Crippen molar-refractivity contribution < 1.29 is 9.59 Å². The topological polar surface area (TPSA) is 65.2 Å². The Balaban J connectivity index is 1.63. The van der Waals surface area contributed by atoms with Gasteiger partial charge in [0.2, 0.25) is 5.91 Å². The lowest BCUT2D eigenvalue weighted by atomic mass is 10.1. The van der Waals surface area contributed by atoms with Gasteiger partial charge in [-0.25, -0.2) is 0 Å². The van der Waals surface area contributed by atoms with Crippen LogP contribution in [0.3, 0.4) is 0 Å². The zero-order chi connectivity index (χ0) is 16.2. The van der Waals surface area contributed by atoms with Crippen molar-refractivity contribution in [2.75, 3.05) is 19.6 Å². The highest BCUT2D eigenvalue weighted by Crippen LogP contribution is 2.22. The Morgan fingerprint density at radius 2 is 1.96 bits per heavy atom. The van der Waals surface area contributed by atoms with Gasteiger partial charge in [0.1, 0.15) is 5.69 Å². The SMILES string of the molecule is CCc1c(C(=O)NCCC(=O)N2CCCC2)[nH]c2ccccc12. The predicted octanol–water partition coefficient (Wildman–Crippen LogP) is 2.47. The molecular formula is C18H23N3O2. The minimum atomic E-state index is -0.132. The summed E-state index contributed by atoms with van der Waals surface area (Å²) in [6.07, 6.45) is 3.34. The second-order valence-electron chi connectivity index (χ2n) is 5.97. The first-order valence-electron chi connectivity index (χ1n) is 8.36. The maximum absolute atomic E-state index is 12.4. The van der Waals surface area contributed by atoms with Crippen LogP contribution in [-0.2, 0) is 11.2 Å². The summed E-state index contributed by atoms with van der Waals surface area (Å²) in [5.74, 6) is 0.00225. The van der Waals surface area contributed by atoms with Crippen molar-refractivity contribution in [2.24, 2.45) is 0 Å². The standard InChI is InChI=1S/C18H23N3O2/c1-2-13-14-7-3-4-8-15(14)20-17(13)18(23)19-10-9-16(22)21-11-5-6-12-21/h3-4,7-8,20H,2,5-6,9-12H2,1H3,(H,19,23). The molecule has 0 atom stereocenters. The summed E-state index contributed by atoms with van der Waals surface area (Å²) in [7, 11) is 0. The molecule has 0 bridgehead atoms. The number of H-pyrrole nitrogens is 1. The highest BCUT2D eigenvalue weighted by Gasteiger charge is 2.19. The van der Waals surface area contributed by atoms with E-state index in [0.29, 0.717) is 18.7 Å². The second kappa shape index (κ2) is 6.86. The van der Waals surface area contributed by atoms with Gasteiger partial charge in [0.25, 0.3) is 5.91 Å². The minimum Gasteiger partial charge on any atom is -0.350 e. The third-order valence-electron chi connectivity index (χ3n) is 4.48. The van der Waals surface area contributed by atoms with Crippen molar-refractivity contribution in [1.82, 2.24) is 15.2 Å². The summed E-state index contributed by atoms with van der Waals surface area (Å²) < 4.78 is 0. The van der Waals surface area contributed by atoms with Gasteiger partial charge < -0.3 is 15.2 Å². The average Bonchev–Trinajstić information content (AvgIpc) is 3.21. The molecule has 2 amide bonds. The van der Waals surface area contributed by atoms with Crippen LogP contribution in [0.5, 0.6) is 0 Å². The molecule has 1 aliphatic heterocycles. The molecule has 0 radical (unpaired) electrons. The molecule has 0 saturated carbocycles. The Labute approximate surface area is 136 Å². The largest absolute Gasteiger partial charge is 0.350 e. The number of nitrogens with one attached hydrogen (secondary N) is 2. The van der Waals surface area contributed by atoms with Crippen LogP contribution in [0.25, 0.3) is 10.9 Å². The molecule has 2 heterocycles. The van der Waals surface area contributed by atoms with Crippen LogP contribution < -0.4 is 5.32 Å². The van der Waals surface area contributed by atoms with Crippen molar-refractivity contribution in [2.45, 2.75) is 32.6 Å². The normalized spacial score (nSPS) is 14.4. The Hall–Kier alpha value is -2.30. The van der Waals surface area contributed by atoms with Gasteiger partial charge in [0.15, 0.2) is 0 Å². The van der Waals surface area contributed by atoms with Crippen LogP contribution in [0, 0.1) is 0 Å². The highest BCUT2D eigenvalue weighted by atomic mass is 16.2. The molecule has 1 saturated heterocycles. The van der Waals surface area contributed by atoms with Crippen molar-refractivity contribution in [3.05, 3.63) is 35.5 Å². The van der Waals surface area contributed by atoms with Crippen molar-refractivity contribution in [1.29, 1.82) is 0 Å². The fourth-order valence-corrected chi connectivity index (χ4v) is 3.26. The Morgan fingerprint density at radius 1 is 1.22 bits per heavy atom. The molecule has 23 heavy (non-hydrogen) atoms. The lowest BCUT2D eigenvalue weighted by molar-refractivity contribution is -0.129. The minimum absolute atomic E-state index is 0.132. The lowest BCUT2D eigenvalue weighted by Crippen LogP contribution is -2.33. The van der Waals surface area contributed by atoms with Gasteiger partial charge in [0, 0.05) is 37.0 Å². The van der Waals surface area contributed by atoms with E-state index in [9.17, 15) is 9.59 Å². The molecular weight excluding hydrogens is 290 g/mol. The molecule has 1 fully saturated rings. The summed E-state index contributed by atoms with van der Waals surface area (Å²) in [4.78, 5) is 29.5. The first kappa shape index (κ1) is 15.6. The summed E-state index contributed by atoms with van der Waals surface area (Å²) in [5.41, 5.74) is 2.62. The summed E-state index contributed by atoms with van der Waals surface area (Å²) in [5, 5.41) is 3.96. The van der Waals surface area contributed by atoms with E-state index in [4.69, 9.17) is 0 Å². The van der Waals surface area contributed by atoms with Gasteiger partial charge in [0.05, 0.1) is 0 Å². The van der Waals surface area contributed by atoms with Crippen molar-refractivity contribution >= 4 is 22.7 Å². The summed E-state index contributed by atoms with van der Waals surface area (Å²) in [6.45, 7) is 4.14. The van der Waals surface area contributed by atoms with E-state index in [2.05, 4.69) is 10.3 Å². The number of carbonyl (C=O) groups excluding carboxylic acids is 2. The number of aromatic nitrogens is 1. The number of nitrogens with zero attached hydrogens (tertiary/aromatic N) is 1. The molecule has 1 aromatic heterocycles. The van der Waals surface area contributed by atoms with Crippen LogP contribution in [0.2, 0.25) is 0 Å². The number of hydrogen-bond donors (Lipinski definition) is 2. The number of likely N-dealkylation sites (tertiary alicyclic amines) is 1. The molecule has 0 unspecified atom stereocenters. The molecule has 2 N–H and O–H groups in total. The number of hydrogen-bond acceptors (Lipinski definition) is 2. The van der Waals surface area contributed by atoms with Crippen LogP contribution in [0.15, 0.2) is 24.3 Å². The van der Waals surface area contributed by atoms with Gasteiger partial charge in [-0.15, -0.1) is 0 Å². The fourth-order valence-electron chi connectivity index (χ4n) is 3.26. The number of aromatic amines is 1. The number of fused-ring (bicyclic) bond motifs is 1. The molecule has 5 nitrogen and oxygen atoms in total. The van der Waals surface area contributed by atoms with E-state index in [1.54, 1.807) is 0 Å². The zero-order valence-electron chi connectivity index (χ0n) is 13.5. The van der Waals surface area contributed by atoms with E-state index in [-0.39, 0.29) is 11.8 Å². The van der Waals surface area contributed by atoms with E-state index >= 15 is 0 Å². The van der Waals surface area contributed by atoms with E-state index in [0.717, 1.165) is 48.8 Å². The number of amides is 2. The van der Waals surface area contributed by atoms with Gasteiger partial charge >= 0.3 is 0 Å². The van der Waals surface area contributed by atoms with Crippen molar-refractivity contribution in [3.8, 4) is 0 Å². The smallest absolute Gasteiger partial charge is 0.268 e. The van der Waals surface area contributed by atoms with Crippen LogP contribution >= 0.6 is 0 Å². The first-order valence-corrected chi connectivity index (χ1v) is 8.36. The monoisotopic (exact) mass is 313 g/mol. The third-order valence-corrected chi connectivity index (χ3v) is 4.48. The summed E-state index contributed by atoms with van der Waals surface area (Å²) in [6, 6.07) is 7.93. The molecule has 5 heteroatoms. The van der Waals surface area contributed by atoms with E-state index < -0.39 is 0 Å². The van der Waals surface area contributed by atoms with Gasteiger partial charge in [-0.3, -0.25) is 9.59 Å². The van der Waals surface area contributed by atoms with Gasteiger partial charge in [-0.2, -0.15) is 0 Å². The number of aryl methyl sites for hydroxylation is 1. The van der Waals surface area contributed by atoms with Crippen LogP contribution in [-0.4, -0.2) is 41.3 Å². The number of carbonyl (C=O) groups is 2. The average molecular weight is 313 g/mol. The maximum atomic E-state index is 12.4. The van der Waals surface area contributed by atoms with E-state index in [1.807, 2.05) is 36.1 Å².